The van der Waals surface area contributed by atoms with Gasteiger partial charge >= 0.3 is 11.9 Å². The van der Waals surface area contributed by atoms with Gasteiger partial charge in [-0.1, -0.05) is 28.1 Å². The Labute approximate surface area is 145 Å². The molecule has 0 aliphatic rings. The molecule has 0 radical (unpaired) electrons. The van der Waals surface area contributed by atoms with Crippen LogP contribution in [0, 0.1) is 10.1 Å². The molecule has 124 valence electrons. The molecule has 2 aromatic carbocycles. The number of non-ortho nitro benzene ring substituents is 1. The van der Waals surface area contributed by atoms with Gasteiger partial charge in [-0.25, -0.2) is 9.59 Å². The van der Waals surface area contributed by atoms with Crippen LogP contribution in [0.25, 0.3) is 0 Å². The van der Waals surface area contributed by atoms with Gasteiger partial charge in [0.2, 0.25) is 0 Å². The Kier molecular flexibility index (Phi) is 6.02. The highest BCUT2D eigenvalue weighted by atomic mass is 79.9. The SMILES string of the molecule is O=C(OCc1ccc(Br)cc1)C(=O)OCc1ccc([N+](=O)[O-])cc1. The van der Waals surface area contributed by atoms with Gasteiger partial charge in [0.1, 0.15) is 13.2 Å². The summed E-state index contributed by atoms with van der Waals surface area (Å²) < 4.78 is 10.5. The second-order valence-electron chi connectivity index (χ2n) is 4.70. The number of halogens is 1. The van der Waals surface area contributed by atoms with E-state index in [1.54, 1.807) is 24.3 Å². The molecule has 0 atom stereocenters. The van der Waals surface area contributed by atoms with Gasteiger partial charge in [0, 0.05) is 16.6 Å². The summed E-state index contributed by atoms with van der Waals surface area (Å²) in [7, 11) is 0. The number of nitro groups is 1. The van der Waals surface area contributed by atoms with Gasteiger partial charge in [0.15, 0.2) is 0 Å². The van der Waals surface area contributed by atoms with E-state index in [0.717, 1.165) is 10.0 Å². The summed E-state index contributed by atoms with van der Waals surface area (Å²) in [5.74, 6) is -2.22. The lowest BCUT2D eigenvalue weighted by Gasteiger charge is -2.06. The van der Waals surface area contributed by atoms with Crippen LogP contribution in [0.3, 0.4) is 0 Å². The van der Waals surface area contributed by atoms with Crippen LogP contribution in [0.2, 0.25) is 0 Å². The third-order valence-electron chi connectivity index (χ3n) is 2.97. The molecule has 0 saturated carbocycles. The standard InChI is InChI=1S/C16H12BrNO6/c17-13-5-1-11(2-6-13)9-23-15(19)16(20)24-10-12-3-7-14(8-4-12)18(21)22/h1-8H,9-10H2. The average Bonchev–Trinajstić information content (AvgIpc) is 2.59. The highest BCUT2D eigenvalue weighted by molar-refractivity contribution is 9.10. The monoisotopic (exact) mass is 393 g/mol. The van der Waals surface area contributed by atoms with Gasteiger partial charge in [0.05, 0.1) is 4.92 Å². The summed E-state index contributed by atoms with van der Waals surface area (Å²) in [6.45, 7) is -0.219. The van der Waals surface area contributed by atoms with E-state index in [2.05, 4.69) is 15.9 Å². The fraction of sp³-hybridized carbons (Fsp3) is 0.125. The molecule has 0 aliphatic carbocycles. The summed E-state index contributed by atoms with van der Waals surface area (Å²) in [6, 6.07) is 12.5. The maximum absolute atomic E-state index is 11.6. The molecule has 0 unspecified atom stereocenters. The maximum atomic E-state index is 11.6. The molecule has 24 heavy (non-hydrogen) atoms. The quantitative estimate of drug-likeness (QED) is 0.335. The van der Waals surface area contributed by atoms with Crippen molar-refractivity contribution < 1.29 is 24.0 Å². The van der Waals surface area contributed by atoms with Crippen molar-refractivity contribution >= 4 is 33.6 Å². The highest BCUT2D eigenvalue weighted by Crippen LogP contribution is 2.13. The average molecular weight is 394 g/mol. The van der Waals surface area contributed by atoms with Crippen molar-refractivity contribution in [1.82, 2.24) is 0 Å². The van der Waals surface area contributed by atoms with Gasteiger partial charge < -0.3 is 9.47 Å². The smallest absolute Gasteiger partial charge is 0.417 e. The first-order chi connectivity index (χ1) is 11.5. The first-order valence-electron chi connectivity index (χ1n) is 6.77. The van der Waals surface area contributed by atoms with Crippen LogP contribution in [0.4, 0.5) is 5.69 Å². The molecule has 8 heteroatoms. The number of rotatable bonds is 5. The Morgan fingerprint density at radius 2 is 1.29 bits per heavy atom. The number of nitrogens with zero attached hydrogens (tertiary/aromatic N) is 1. The van der Waals surface area contributed by atoms with E-state index >= 15 is 0 Å². The van der Waals surface area contributed by atoms with Crippen molar-refractivity contribution in [2.45, 2.75) is 13.2 Å². The van der Waals surface area contributed by atoms with Gasteiger partial charge in [-0.05, 0) is 35.4 Å². The molecular weight excluding hydrogens is 382 g/mol. The minimum absolute atomic E-state index is 0.0429. The fourth-order valence-corrected chi connectivity index (χ4v) is 1.97. The van der Waals surface area contributed by atoms with Crippen molar-refractivity contribution in [2.75, 3.05) is 0 Å². The maximum Gasteiger partial charge on any atom is 0.417 e. The van der Waals surface area contributed by atoms with Crippen molar-refractivity contribution in [3.05, 3.63) is 74.2 Å². The molecule has 2 aromatic rings. The second-order valence-corrected chi connectivity index (χ2v) is 5.62. The van der Waals surface area contributed by atoms with E-state index in [-0.39, 0.29) is 18.9 Å². The molecule has 0 N–H and O–H groups in total. The summed E-state index contributed by atoms with van der Waals surface area (Å²) in [5, 5.41) is 10.5. The summed E-state index contributed by atoms with van der Waals surface area (Å²) in [6.07, 6.45) is 0. The lowest BCUT2D eigenvalue weighted by atomic mass is 10.2. The number of hydrogen-bond donors (Lipinski definition) is 0. The van der Waals surface area contributed by atoms with E-state index < -0.39 is 16.9 Å². The first kappa shape index (κ1) is 17.6. The molecule has 0 heterocycles. The Morgan fingerprint density at radius 3 is 1.71 bits per heavy atom. The summed E-state index contributed by atoms with van der Waals surface area (Å²) in [4.78, 5) is 33.1. The van der Waals surface area contributed by atoms with Crippen LogP contribution < -0.4 is 0 Å². The minimum atomic E-state index is -1.12. The topological polar surface area (TPSA) is 95.7 Å². The largest absolute Gasteiger partial charge is 0.452 e. The predicted octanol–water partition coefficient (Wildman–Crippen LogP) is 3.14. The number of ether oxygens (including phenoxy) is 2. The van der Waals surface area contributed by atoms with Crippen LogP contribution in [-0.2, 0) is 32.3 Å². The molecule has 0 spiro atoms. The third kappa shape index (κ3) is 5.17. The van der Waals surface area contributed by atoms with E-state index in [1.165, 1.54) is 24.3 Å². The number of carbonyl (C=O) groups is 2. The first-order valence-corrected chi connectivity index (χ1v) is 7.56. The van der Waals surface area contributed by atoms with Crippen molar-refractivity contribution in [1.29, 1.82) is 0 Å². The zero-order chi connectivity index (χ0) is 17.5. The van der Waals surface area contributed by atoms with E-state index in [1.807, 2.05) is 0 Å². The van der Waals surface area contributed by atoms with Gasteiger partial charge in [-0.3, -0.25) is 10.1 Å². The van der Waals surface area contributed by atoms with Crippen molar-refractivity contribution in [3.8, 4) is 0 Å². The van der Waals surface area contributed by atoms with Gasteiger partial charge in [0.25, 0.3) is 5.69 Å². The lowest BCUT2D eigenvalue weighted by molar-refractivity contribution is -0.384. The fourth-order valence-electron chi connectivity index (χ4n) is 1.71. The van der Waals surface area contributed by atoms with Crippen molar-refractivity contribution in [3.63, 3.8) is 0 Å². The number of hydrogen-bond acceptors (Lipinski definition) is 6. The number of benzene rings is 2. The zero-order valence-electron chi connectivity index (χ0n) is 12.3. The zero-order valence-corrected chi connectivity index (χ0v) is 13.9. The van der Waals surface area contributed by atoms with Crippen LogP contribution in [0.1, 0.15) is 11.1 Å². The van der Waals surface area contributed by atoms with E-state index in [4.69, 9.17) is 9.47 Å². The second kappa shape index (κ2) is 8.21. The predicted molar refractivity (Wildman–Crippen MR) is 86.8 cm³/mol. The number of nitro benzene ring substituents is 1. The number of esters is 2. The molecule has 7 nitrogen and oxygen atoms in total. The summed E-state index contributed by atoms with van der Waals surface area (Å²) in [5.41, 5.74) is 1.18. The molecule has 0 amide bonds. The Hall–Kier alpha value is -2.74. The van der Waals surface area contributed by atoms with Crippen molar-refractivity contribution in [2.24, 2.45) is 0 Å². The highest BCUT2D eigenvalue weighted by Gasteiger charge is 2.17. The van der Waals surface area contributed by atoms with Crippen LogP contribution in [0.15, 0.2) is 53.0 Å². The van der Waals surface area contributed by atoms with Crippen LogP contribution in [-0.4, -0.2) is 16.9 Å². The molecule has 0 fully saturated rings. The number of carbonyl (C=O) groups excluding carboxylic acids is 2. The third-order valence-corrected chi connectivity index (χ3v) is 3.50. The minimum Gasteiger partial charge on any atom is -0.452 e. The molecular formula is C16H12BrNO6. The van der Waals surface area contributed by atoms with Gasteiger partial charge in [-0.2, -0.15) is 0 Å². The molecule has 0 aromatic heterocycles. The Morgan fingerprint density at radius 1 is 0.875 bits per heavy atom. The van der Waals surface area contributed by atoms with Gasteiger partial charge in [-0.15, -0.1) is 0 Å². The Bertz CT molecular complexity index is 742. The molecule has 0 saturated heterocycles. The summed E-state index contributed by atoms with van der Waals surface area (Å²) >= 11 is 3.28. The van der Waals surface area contributed by atoms with E-state index in [0.29, 0.717) is 5.56 Å². The molecule has 0 bridgehead atoms. The lowest BCUT2D eigenvalue weighted by Crippen LogP contribution is -2.20. The van der Waals surface area contributed by atoms with E-state index in [9.17, 15) is 19.7 Å². The Balaban J connectivity index is 1.79. The van der Waals surface area contributed by atoms with Crippen LogP contribution in [0.5, 0.6) is 0 Å². The normalized spacial score (nSPS) is 10.0. The molecule has 2 rings (SSSR count). The van der Waals surface area contributed by atoms with Crippen LogP contribution >= 0.6 is 15.9 Å². The molecule has 0 aliphatic heterocycles.